The van der Waals surface area contributed by atoms with E-state index in [2.05, 4.69) is 5.32 Å². The van der Waals surface area contributed by atoms with Crippen LogP contribution in [0.2, 0.25) is 0 Å². The highest BCUT2D eigenvalue weighted by atomic mass is 16.5. The largest absolute Gasteiger partial charge is 0.495 e. The maximum Gasteiger partial charge on any atom is 0.238 e. The zero-order valence-corrected chi connectivity index (χ0v) is 15.9. The molecule has 0 saturated heterocycles. The van der Waals surface area contributed by atoms with Gasteiger partial charge in [0.15, 0.2) is 11.5 Å². The van der Waals surface area contributed by atoms with Crippen molar-refractivity contribution in [2.75, 3.05) is 40.3 Å². The van der Waals surface area contributed by atoms with Gasteiger partial charge in [-0.2, -0.15) is 0 Å². The highest BCUT2D eigenvalue weighted by molar-refractivity contribution is 5.94. The topological polar surface area (TPSA) is 92.0 Å². The molecule has 0 aliphatic heterocycles. The van der Waals surface area contributed by atoms with E-state index < -0.39 is 0 Å². The van der Waals surface area contributed by atoms with Crippen molar-refractivity contribution in [3.05, 3.63) is 41.5 Å². The molecule has 144 valence electrons. The lowest BCUT2D eigenvalue weighted by molar-refractivity contribution is -0.114. The maximum absolute atomic E-state index is 11.6. The van der Waals surface area contributed by atoms with Crippen LogP contribution in [-0.4, -0.2) is 40.9 Å². The Bertz CT molecular complexity index is 808. The van der Waals surface area contributed by atoms with Crippen LogP contribution >= 0.6 is 0 Å². The monoisotopic (exact) mass is 372 g/mol. The van der Waals surface area contributed by atoms with E-state index in [1.54, 1.807) is 40.6 Å². The third-order valence-electron chi connectivity index (χ3n) is 3.84. The first-order valence-electron chi connectivity index (χ1n) is 8.22. The Labute approximate surface area is 158 Å². The van der Waals surface area contributed by atoms with Gasteiger partial charge in [-0.15, -0.1) is 0 Å². The molecule has 27 heavy (non-hydrogen) atoms. The summed E-state index contributed by atoms with van der Waals surface area (Å²) < 4.78 is 21.3. The molecule has 1 amide bonds. The molecular formula is C20H24N2O5. The average Bonchev–Trinajstić information content (AvgIpc) is 2.71. The molecule has 0 atom stereocenters. The number of benzene rings is 2. The van der Waals surface area contributed by atoms with Gasteiger partial charge in [-0.25, -0.2) is 0 Å². The van der Waals surface area contributed by atoms with Gasteiger partial charge in [0.2, 0.25) is 11.7 Å². The summed E-state index contributed by atoms with van der Waals surface area (Å²) in [6, 6.07) is 9.16. The molecule has 3 N–H and O–H groups in total. The van der Waals surface area contributed by atoms with Crippen LogP contribution in [0, 0.1) is 0 Å². The van der Waals surface area contributed by atoms with Crippen molar-refractivity contribution in [1.29, 1.82) is 0 Å². The highest BCUT2D eigenvalue weighted by Crippen LogP contribution is 2.38. The first kappa shape index (κ1) is 20.1. The second-order valence-electron chi connectivity index (χ2n) is 5.50. The summed E-state index contributed by atoms with van der Waals surface area (Å²) in [6.07, 6.45) is 3.80. The van der Waals surface area contributed by atoms with E-state index in [4.69, 9.17) is 24.7 Å². The number of methoxy groups -OCH3 is 4. The smallest absolute Gasteiger partial charge is 0.238 e. The molecule has 2 aromatic rings. The highest BCUT2D eigenvalue weighted by Gasteiger charge is 2.12. The van der Waals surface area contributed by atoms with Gasteiger partial charge in [-0.05, 0) is 35.4 Å². The minimum absolute atomic E-state index is 0.103. The van der Waals surface area contributed by atoms with Crippen LogP contribution in [0.3, 0.4) is 0 Å². The van der Waals surface area contributed by atoms with E-state index >= 15 is 0 Å². The molecule has 0 bridgehead atoms. The summed E-state index contributed by atoms with van der Waals surface area (Å²) in [5.74, 6) is 1.94. The summed E-state index contributed by atoms with van der Waals surface area (Å²) in [5, 5.41) is 2.72. The Morgan fingerprint density at radius 1 is 0.889 bits per heavy atom. The number of amides is 1. The molecule has 2 rings (SSSR count). The van der Waals surface area contributed by atoms with Crippen molar-refractivity contribution in [1.82, 2.24) is 0 Å². The number of carbonyl (C=O) groups is 1. The molecule has 2 aromatic carbocycles. The van der Waals surface area contributed by atoms with Gasteiger partial charge in [0.25, 0.3) is 0 Å². The van der Waals surface area contributed by atoms with Gasteiger partial charge < -0.3 is 30.0 Å². The molecule has 0 spiro atoms. The van der Waals surface area contributed by atoms with Crippen molar-refractivity contribution in [3.63, 3.8) is 0 Å². The molecule has 0 unspecified atom stereocenters. The molecular weight excluding hydrogens is 348 g/mol. The van der Waals surface area contributed by atoms with Gasteiger partial charge in [0.1, 0.15) is 5.75 Å². The molecule has 0 saturated carbocycles. The summed E-state index contributed by atoms with van der Waals surface area (Å²) in [6.45, 7) is -0.103. The molecule has 0 aliphatic carbocycles. The lowest BCUT2D eigenvalue weighted by Gasteiger charge is -2.13. The third-order valence-corrected chi connectivity index (χ3v) is 3.84. The Kier molecular flexibility index (Phi) is 7.08. The van der Waals surface area contributed by atoms with Crippen LogP contribution in [-0.2, 0) is 4.79 Å². The number of nitrogens with two attached hydrogens (primary N) is 1. The summed E-state index contributed by atoms with van der Waals surface area (Å²) in [5.41, 5.74) is 7.66. The van der Waals surface area contributed by atoms with E-state index in [0.717, 1.165) is 11.1 Å². The van der Waals surface area contributed by atoms with Crippen LogP contribution in [0.5, 0.6) is 23.0 Å². The summed E-state index contributed by atoms with van der Waals surface area (Å²) >= 11 is 0. The zero-order chi connectivity index (χ0) is 19.8. The van der Waals surface area contributed by atoms with E-state index in [9.17, 15) is 4.79 Å². The SMILES string of the molecule is COc1ccc(C=Cc2cc(OC)c(OC)c(OC)c2)cc1NC(=O)CN. The normalized spacial score (nSPS) is 10.6. The fourth-order valence-electron chi connectivity index (χ4n) is 2.52. The van der Waals surface area contributed by atoms with Gasteiger partial charge in [0.05, 0.1) is 40.7 Å². The Morgan fingerprint density at radius 2 is 1.48 bits per heavy atom. The number of hydrogen-bond acceptors (Lipinski definition) is 6. The van der Waals surface area contributed by atoms with Crippen molar-refractivity contribution in [3.8, 4) is 23.0 Å². The number of carbonyl (C=O) groups excluding carboxylic acids is 1. The van der Waals surface area contributed by atoms with Gasteiger partial charge in [-0.3, -0.25) is 4.79 Å². The molecule has 7 nitrogen and oxygen atoms in total. The molecule has 7 heteroatoms. The minimum atomic E-state index is -0.293. The number of anilines is 1. The van der Waals surface area contributed by atoms with Gasteiger partial charge in [0, 0.05) is 0 Å². The van der Waals surface area contributed by atoms with Crippen molar-refractivity contribution in [2.45, 2.75) is 0 Å². The Hall–Kier alpha value is -3.19. The molecule has 0 fully saturated rings. The Morgan fingerprint density at radius 3 is 2.00 bits per heavy atom. The Balaban J connectivity index is 2.34. The quantitative estimate of drug-likeness (QED) is 0.693. The van der Waals surface area contributed by atoms with Crippen molar-refractivity contribution < 1.29 is 23.7 Å². The van der Waals surface area contributed by atoms with E-state index in [1.807, 2.05) is 30.4 Å². The minimum Gasteiger partial charge on any atom is -0.495 e. The molecule has 0 aliphatic rings. The van der Waals surface area contributed by atoms with E-state index in [1.165, 1.54) is 0 Å². The number of ether oxygens (including phenoxy) is 4. The second-order valence-corrected chi connectivity index (χ2v) is 5.50. The fraction of sp³-hybridized carbons (Fsp3) is 0.250. The zero-order valence-electron chi connectivity index (χ0n) is 15.9. The van der Waals surface area contributed by atoms with Crippen LogP contribution in [0.1, 0.15) is 11.1 Å². The van der Waals surface area contributed by atoms with Crippen LogP contribution in [0.25, 0.3) is 12.2 Å². The van der Waals surface area contributed by atoms with Gasteiger partial charge >= 0.3 is 0 Å². The summed E-state index contributed by atoms with van der Waals surface area (Å²) in [4.78, 5) is 11.6. The second kappa shape index (κ2) is 9.49. The van der Waals surface area contributed by atoms with E-state index in [0.29, 0.717) is 28.7 Å². The standard InChI is InChI=1S/C20H24N2O5/c1-24-16-8-7-13(9-15(16)22-19(23)12-21)5-6-14-10-17(25-2)20(27-4)18(11-14)26-3/h5-11H,12,21H2,1-4H3,(H,22,23). The average molecular weight is 372 g/mol. The number of rotatable bonds is 8. The summed E-state index contributed by atoms with van der Waals surface area (Å²) in [7, 11) is 6.24. The first-order chi connectivity index (χ1) is 13.1. The van der Waals surface area contributed by atoms with Crippen LogP contribution in [0.15, 0.2) is 30.3 Å². The number of hydrogen-bond donors (Lipinski definition) is 2. The first-order valence-corrected chi connectivity index (χ1v) is 8.22. The molecule has 0 radical (unpaired) electrons. The fourth-order valence-corrected chi connectivity index (χ4v) is 2.52. The van der Waals surface area contributed by atoms with Crippen molar-refractivity contribution >= 4 is 23.7 Å². The van der Waals surface area contributed by atoms with Crippen LogP contribution < -0.4 is 30.0 Å². The van der Waals surface area contributed by atoms with E-state index in [-0.39, 0.29) is 12.5 Å². The van der Waals surface area contributed by atoms with Crippen molar-refractivity contribution in [2.24, 2.45) is 5.73 Å². The maximum atomic E-state index is 11.6. The van der Waals surface area contributed by atoms with Crippen LogP contribution in [0.4, 0.5) is 5.69 Å². The molecule has 0 aromatic heterocycles. The predicted molar refractivity (Wildman–Crippen MR) is 106 cm³/mol. The lowest BCUT2D eigenvalue weighted by Crippen LogP contribution is -2.22. The third kappa shape index (κ3) is 4.92. The number of nitrogens with one attached hydrogen (secondary N) is 1. The molecule has 0 heterocycles. The van der Waals surface area contributed by atoms with Gasteiger partial charge in [-0.1, -0.05) is 18.2 Å². The lowest BCUT2D eigenvalue weighted by atomic mass is 10.1. The predicted octanol–water partition coefficient (Wildman–Crippen LogP) is 2.79.